The van der Waals surface area contributed by atoms with Crippen molar-refractivity contribution in [2.45, 2.75) is 57.5 Å². The van der Waals surface area contributed by atoms with Crippen LogP contribution in [0, 0.1) is 5.92 Å². The van der Waals surface area contributed by atoms with Gasteiger partial charge in [-0.25, -0.2) is 13.1 Å². The molecule has 1 atom stereocenters. The Morgan fingerprint density at radius 3 is 2.68 bits per heavy atom. The van der Waals surface area contributed by atoms with Gasteiger partial charge in [-0.15, -0.1) is 0 Å². The van der Waals surface area contributed by atoms with E-state index >= 15 is 0 Å². The van der Waals surface area contributed by atoms with Gasteiger partial charge in [-0.1, -0.05) is 0 Å². The van der Waals surface area contributed by atoms with Crippen molar-refractivity contribution in [1.82, 2.24) is 14.7 Å². The number of aromatic nitrogens is 2. The Bertz CT molecular complexity index is 788. The lowest BCUT2D eigenvalue weighted by Gasteiger charge is -2.31. The fourth-order valence-electron chi connectivity index (χ4n) is 4.57. The number of hydrogen-bond donors (Lipinski definition) is 0. The summed E-state index contributed by atoms with van der Waals surface area (Å²) in [6.07, 6.45) is 6.88. The van der Waals surface area contributed by atoms with E-state index in [2.05, 4.69) is 10.00 Å². The molecule has 0 bridgehead atoms. The highest BCUT2D eigenvalue weighted by molar-refractivity contribution is 7.91. The Balaban J connectivity index is 1.41. The molecule has 0 N–H and O–H groups in total. The number of fused-ring (bicyclic) bond motifs is 1. The monoisotopic (exact) mass is 365 g/mol. The van der Waals surface area contributed by atoms with Crippen LogP contribution in [0.15, 0.2) is 10.9 Å². The van der Waals surface area contributed by atoms with Crippen LogP contribution in [0.4, 0.5) is 0 Å². The van der Waals surface area contributed by atoms with Gasteiger partial charge in [-0.05, 0) is 63.0 Å². The Hall–Kier alpha value is -1.21. The van der Waals surface area contributed by atoms with Gasteiger partial charge in [0.05, 0.1) is 23.7 Å². The topological polar surface area (TPSA) is 72.3 Å². The first kappa shape index (κ1) is 17.2. The van der Waals surface area contributed by atoms with E-state index in [1.165, 1.54) is 0 Å². The van der Waals surface area contributed by atoms with Crippen molar-refractivity contribution in [3.63, 3.8) is 0 Å². The molecular formula is C18H27N3O3S. The molecular weight excluding hydrogens is 338 g/mol. The zero-order valence-electron chi connectivity index (χ0n) is 14.7. The van der Waals surface area contributed by atoms with E-state index in [1.54, 1.807) is 10.7 Å². The van der Waals surface area contributed by atoms with Gasteiger partial charge in [-0.2, -0.15) is 5.10 Å². The van der Waals surface area contributed by atoms with E-state index < -0.39 is 9.84 Å². The molecule has 138 valence electrons. The SMILES string of the molecule is O=c1cc2c(nn1CC1CCCN1CC1CCS(=O)(=O)CC1)CCC2. The zero-order chi connectivity index (χ0) is 17.4. The predicted octanol–water partition coefficient (Wildman–Crippen LogP) is 1.02. The summed E-state index contributed by atoms with van der Waals surface area (Å²) in [5.41, 5.74) is 2.26. The van der Waals surface area contributed by atoms with Crippen molar-refractivity contribution in [2.24, 2.45) is 5.92 Å². The van der Waals surface area contributed by atoms with Crippen LogP contribution >= 0.6 is 0 Å². The molecule has 2 fully saturated rings. The minimum absolute atomic E-state index is 0.0243. The van der Waals surface area contributed by atoms with Crippen LogP contribution in [0.25, 0.3) is 0 Å². The minimum atomic E-state index is -2.80. The Morgan fingerprint density at radius 1 is 1.08 bits per heavy atom. The molecule has 3 heterocycles. The quantitative estimate of drug-likeness (QED) is 0.797. The van der Waals surface area contributed by atoms with Crippen LogP contribution in [0.1, 0.15) is 43.4 Å². The fraction of sp³-hybridized carbons (Fsp3) is 0.778. The Kier molecular flexibility index (Phi) is 4.71. The Labute approximate surface area is 149 Å². The highest BCUT2D eigenvalue weighted by atomic mass is 32.2. The third kappa shape index (κ3) is 3.82. The summed E-state index contributed by atoms with van der Waals surface area (Å²) in [7, 11) is -2.80. The average Bonchev–Trinajstić information content (AvgIpc) is 3.19. The van der Waals surface area contributed by atoms with E-state index in [4.69, 9.17) is 0 Å². The van der Waals surface area contributed by atoms with E-state index in [0.717, 1.165) is 69.3 Å². The summed E-state index contributed by atoms with van der Waals surface area (Å²) >= 11 is 0. The number of nitrogens with zero attached hydrogens (tertiary/aromatic N) is 3. The number of rotatable bonds is 4. The second-order valence-corrected chi connectivity index (χ2v) is 10.2. The third-order valence-electron chi connectivity index (χ3n) is 6.07. The molecule has 0 amide bonds. The van der Waals surface area contributed by atoms with Crippen LogP contribution in [0.5, 0.6) is 0 Å². The molecule has 2 saturated heterocycles. The molecule has 6 nitrogen and oxygen atoms in total. The molecule has 0 spiro atoms. The van der Waals surface area contributed by atoms with Gasteiger partial charge in [-0.3, -0.25) is 9.69 Å². The maximum atomic E-state index is 12.4. The molecule has 7 heteroatoms. The summed E-state index contributed by atoms with van der Waals surface area (Å²) in [5, 5.41) is 4.61. The summed E-state index contributed by atoms with van der Waals surface area (Å²) in [6, 6.07) is 2.13. The first-order chi connectivity index (χ1) is 12.0. The largest absolute Gasteiger partial charge is 0.298 e. The standard InChI is InChI=1S/C18H27N3O3S/c22-18-11-15-3-1-5-17(15)19-21(18)13-16-4-2-8-20(16)12-14-6-9-25(23,24)10-7-14/h11,14,16H,1-10,12-13H2. The smallest absolute Gasteiger partial charge is 0.267 e. The summed E-state index contributed by atoms with van der Waals surface area (Å²) in [4.78, 5) is 14.8. The summed E-state index contributed by atoms with van der Waals surface area (Å²) < 4.78 is 24.9. The second kappa shape index (κ2) is 6.83. The van der Waals surface area contributed by atoms with Crippen LogP contribution in [0.2, 0.25) is 0 Å². The number of sulfone groups is 1. The normalized spacial score (nSPS) is 26.8. The first-order valence-electron chi connectivity index (χ1n) is 9.54. The van der Waals surface area contributed by atoms with Crippen LogP contribution in [-0.4, -0.2) is 53.7 Å². The molecule has 25 heavy (non-hydrogen) atoms. The first-order valence-corrected chi connectivity index (χ1v) is 11.4. The molecule has 0 radical (unpaired) electrons. The van der Waals surface area contributed by atoms with E-state index in [-0.39, 0.29) is 5.56 Å². The molecule has 1 aromatic rings. The van der Waals surface area contributed by atoms with Gasteiger partial charge < -0.3 is 0 Å². The van der Waals surface area contributed by atoms with Crippen LogP contribution < -0.4 is 5.56 Å². The molecule has 1 aromatic heterocycles. The molecule has 0 saturated carbocycles. The van der Waals surface area contributed by atoms with Gasteiger partial charge in [0.1, 0.15) is 9.84 Å². The van der Waals surface area contributed by atoms with Gasteiger partial charge in [0.25, 0.3) is 5.56 Å². The molecule has 1 unspecified atom stereocenters. The maximum Gasteiger partial charge on any atom is 0.267 e. The average molecular weight is 365 g/mol. The number of aryl methyl sites for hydroxylation is 2. The zero-order valence-corrected chi connectivity index (χ0v) is 15.5. The number of hydrogen-bond acceptors (Lipinski definition) is 5. The lowest BCUT2D eigenvalue weighted by Crippen LogP contribution is -2.41. The van der Waals surface area contributed by atoms with Gasteiger partial charge in [0.2, 0.25) is 0 Å². The van der Waals surface area contributed by atoms with Gasteiger partial charge in [0, 0.05) is 18.7 Å². The van der Waals surface area contributed by atoms with Crippen molar-refractivity contribution >= 4 is 9.84 Å². The van der Waals surface area contributed by atoms with E-state index in [1.807, 2.05) is 0 Å². The van der Waals surface area contributed by atoms with Crippen LogP contribution in [-0.2, 0) is 29.2 Å². The second-order valence-electron chi connectivity index (χ2n) is 7.88. The van der Waals surface area contributed by atoms with Crippen LogP contribution in [0.3, 0.4) is 0 Å². The van der Waals surface area contributed by atoms with Crippen molar-refractivity contribution in [2.75, 3.05) is 24.6 Å². The van der Waals surface area contributed by atoms with Crippen molar-refractivity contribution < 1.29 is 8.42 Å². The van der Waals surface area contributed by atoms with Crippen molar-refractivity contribution in [1.29, 1.82) is 0 Å². The highest BCUT2D eigenvalue weighted by Crippen LogP contribution is 2.25. The predicted molar refractivity (Wildman–Crippen MR) is 96.5 cm³/mol. The van der Waals surface area contributed by atoms with Crippen molar-refractivity contribution in [3.05, 3.63) is 27.7 Å². The van der Waals surface area contributed by atoms with E-state index in [9.17, 15) is 13.2 Å². The molecule has 1 aliphatic carbocycles. The maximum absolute atomic E-state index is 12.4. The lowest BCUT2D eigenvalue weighted by molar-refractivity contribution is 0.186. The third-order valence-corrected chi connectivity index (χ3v) is 7.79. The molecule has 3 aliphatic rings. The molecule has 0 aromatic carbocycles. The minimum Gasteiger partial charge on any atom is -0.298 e. The lowest BCUT2D eigenvalue weighted by atomic mass is 10.0. The highest BCUT2D eigenvalue weighted by Gasteiger charge is 2.31. The van der Waals surface area contributed by atoms with E-state index in [0.29, 0.717) is 30.0 Å². The number of likely N-dealkylation sites (tertiary alicyclic amines) is 1. The summed E-state index contributed by atoms with van der Waals surface area (Å²) in [6.45, 7) is 2.67. The fourth-order valence-corrected chi connectivity index (χ4v) is 6.15. The summed E-state index contributed by atoms with van der Waals surface area (Å²) in [5.74, 6) is 1.14. The van der Waals surface area contributed by atoms with Crippen molar-refractivity contribution in [3.8, 4) is 0 Å². The molecule has 4 rings (SSSR count). The van der Waals surface area contributed by atoms with Gasteiger partial charge in [0.15, 0.2) is 0 Å². The molecule has 2 aliphatic heterocycles. The van der Waals surface area contributed by atoms with Gasteiger partial charge >= 0.3 is 0 Å². The Morgan fingerprint density at radius 2 is 1.88 bits per heavy atom.